The lowest BCUT2D eigenvalue weighted by molar-refractivity contribution is -0.132. The Labute approximate surface area is 193 Å². The first-order chi connectivity index (χ1) is 15.4. The Balaban J connectivity index is 1.70. The summed E-state index contributed by atoms with van der Waals surface area (Å²) in [5.41, 5.74) is 3.58. The van der Waals surface area contributed by atoms with Crippen molar-refractivity contribution >= 4 is 28.6 Å². The van der Waals surface area contributed by atoms with Gasteiger partial charge in [-0.05, 0) is 62.7 Å². The number of benzene rings is 2. The van der Waals surface area contributed by atoms with Crippen LogP contribution in [0, 0.1) is 13.8 Å². The fraction of sp³-hybridized carbons (Fsp3) is 0.400. The van der Waals surface area contributed by atoms with Gasteiger partial charge in [0, 0.05) is 26.2 Å². The molecule has 1 fully saturated rings. The molecule has 1 amide bonds. The molecule has 7 heteroatoms. The zero-order valence-corrected chi connectivity index (χ0v) is 20.0. The van der Waals surface area contributed by atoms with Crippen LogP contribution in [0.15, 0.2) is 52.4 Å². The van der Waals surface area contributed by atoms with Gasteiger partial charge in [0.2, 0.25) is 5.91 Å². The molecule has 6 nitrogen and oxygen atoms in total. The molecule has 2 heterocycles. The van der Waals surface area contributed by atoms with E-state index in [-0.39, 0.29) is 16.7 Å². The maximum Gasteiger partial charge on any atom is 0.266 e. The topological polar surface area (TPSA) is 58.4 Å². The Morgan fingerprint density at radius 1 is 1.06 bits per heavy atom. The summed E-state index contributed by atoms with van der Waals surface area (Å²) in [4.78, 5) is 35.7. The molecule has 1 saturated heterocycles. The predicted molar refractivity (Wildman–Crippen MR) is 131 cm³/mol. The number of fused-ring (bicyclic) bond motifs is 1. The number of aromatic nitrogens is 2. The molecular weight excluding hydrogens is 420 g/mol. The van der Waals surface area contributed by atoms with E-state index in [1.807, 2.05) is 55.1 Å². The van der Waals surface area contributed by atoms with Crippen LogP contribution in [0.4, 0.5) is 0 Å². The summed E-state index contributed by atoms with van der Waals surface area (Å²) in [6, 6.07) is 13.4. The van der Waals surface area contributed by atoms with E-state index in [1.165, 1.54) is 17.3 Å². The van der Waals surface area contributed by atoms with Gasteiger partial charge in [0.05, 0.1) is 21.8 Å². The molecule has 32 heavy (non-hydrogen) atoms. The lowest BCUT2D eigenvalue weighted by Crippen LogP contribution is -2.50. The van der Waals surface area contributed by atoms with Crippen LogP contribution in [0.5, 0.6) is 0 Å². The second-order valence-corrected chi connectivity index (χ2v) is 9.65. The minimum atomic E-state index is -0.339. The summed E-state index contributed by atoms with van der Waals surface area (Å²) in [6.07, 6.45) is 0. The van der Waals surface area contributed by atoms with E-state index in [0.717, 1.165) is 44.0 Å². The van der Waals surface area contributed by atoms with Crippen LogP contribution < -0.4 is 5.56 Å². The molecule has 0 bridgehead atoms. The molecular formula is C25H30N4O2S. The first kappa shape index (κ1) is 22.6. The van der Waals surface area contributed by atoms with E-state index in [9.17, 15) is 9.59 Å². The first-order valence-corrected chi connectivity index (χ1v) is 12.0. The van der Waals surface area contributed by atoms with Crippen LogP contribution in [0.1, 0.15) is 25.0 Å². The van der Waals surface area contributed by atoms with Gasteiger partial charge in [-0.1, -0.05) is 36.9 Å². The molecule has 0 N–H and O–H groups in total. The quantitative estimate of drug-likeness (QED) is 0.439. The third-order valence-electron chi connectivity index (χ3n) is 6.25. The van der Waals surface area contributed by atoms with Crippen molar-refractivity contribution in [3.8, 4) is 5.69 Å². The lowest BCUT2D eigenvalue weighted by Gasteiger charge is -2.35. The summed E-state index contributed by atoms with van der Waals surface area (Å²) in [5, 5.41) is 0.781. The maximum atomic E-state index is 13.5. The molecule has 1 atom stereocenters. The molecule has 0 spiro atoms. The highest BCUT2D eigenvalue weighted by Gasteiger charge is 2.27. The van der Waals surface area contributed by atoms with E-state index < -0.39 is 0 Å². The molecule has 0 aliphatic carbocycles. The van der Waals surface area contributed by atoms with E-state index in [2.05, 4.69) is 18.7 Å². The molecule has 0 radical (unpaired) electrons. The largest absolute Gasteiger partial charge is 0.339 e. The van der Waals surface area contributed by atoms with Gasteiger partial charge in [-0.25, -0.2) is 4.98 Å². The minimum absolute atomic E-state index is 0.0970. The SMILES string of the molecule is CCN1CCN(C(=O)C(C)Sc2nc3ccccc3c(=O)n2-c2ccc(C)c(C)c2)CC1. The lowest BCUT2D eigenvalue weighted by atomic mass is 10.1. The monoisotopic (exact) mass is 450 g/mol. The van der Waals surface area contributed by atoms with Gasteiger partial charge < -0.3 is 9.80 Å². The molecule has 1 aromatic heterocycles. The third-order valence-corrected chi connectivity index (χ3v) is 7.29. The highest BCUT2D eigenvalue weighted by Crippen LogP contribution is 2.27. The number of likely N-dealkylation sites (N-methyl/N-ethyl adjacent to an activating group) is 1. The van der Waals surface area contributed by atoms with Gasteiger partial charge in [0.25, 0.3) is 5.56 Å². The average molecular weight is 451 g/mol. The van der Waals surface area contributed by atoms with Crippen LogP contribution in [-0.2, 0) is 4.79 Å². The molecule has 3 aromatic rings. The fourth-order valence-electron chi connectivity index (χ4n) is 4.03. The van der Waals surface area contributed by atoms with E-state index in [0.29, 0.717) is 16.1 Å². The Hall–Kier alpha value is -2.64. The van der Waals surface area contributed by atoms with Gasteiger partial charge in [0.1, 0.15) is 0 Å². The van der Waals surface area contributed by atoms with Gasteiger partial charge >= 0.3 is 0 Å². The van der Waals surface area contributed by atoms with E-state index in [1.54, 1.807) is 10.6 Å². The predicted octanol–water partition coefficient (Wildman–Crippen LogP) is 3.65. The van der Waals surface area contributed by atoms with E-state index >= 15 is 0 Å². The van der Waals surface area contributed by atoms with Crippen molar-refractivity contribution in [3.05, 3.63) is 63.9 Å². The number of nitrogens with zero attached hydrogens (tertiary/aromatic N) is 4. The Kier molecular flexibility index (Phi) is 6.67. The van der Waals surface area contributed by atoms with Gasteiger partial charge in [-0.15, -0.1) is 0 Å². The van der Waals surface area contributed by atoms with Gasteiger partial charge in [-0.3, -0.25) is 14.2 Å². The third kappa shape index (κ3) is 4.45. The number of carbonyl (C=O) groups is 1. The number of hydrogen-bond acceptors (Lipinski definition) is 5. The number of rotatable bonds is 5. The molecule has 4 rings (SSSR count). The van der Waals surface area contributed by atoms with Crippen molar-refractivity contribution in [2.45, 2.75) is 38.1 Å². The minimum Gasteiger partial charge on any atom is -0.339 e. The first-order valence-electron chi connectivity index (χ1n) is 11.2. The van der Waals surface area contributed by atoms with Crippen molar-refractivity contribution in [3.63, 3.8) is 0 Å². The van der Waals surface area contributed by atoms with Crippen molar-refractivity contribution < 1.29 is 4.79 Å². The smallest absolute Gasteiger partial charge is 0.266 e. The molecule has 1 aliphatic heterocycles. The summed E-state index contributed by atoms with van der Waals surface area (Å²) in [7, 11) is 0. The standard InChI is InChI=1S/C25H30N4O2S/c1-5-27-12-14-28(15-13-27)23(30)19(4)32-25-26-22-9-7-6-8-21(22)24(31)29(25)20-11-10-17(2)18(3)16-20/h6-11,16,19H,5,12-15H2,1-4H3. The molecule has 1 unspecified atom stereocenters. The highest BCUT2D eigenvalue weighted by molar-refractivity contribution is 8.00. The highest BCUT2D eigenvalue weighted by atomic mass is 32.2. The van der Waals surface area contributed by atoms with Crippen LogP contribution in [-0.4, -0.2) is 63.2 Å². The average Bonchev–Trinajstić information content (AvgIpc) is 2.81. The Bertz CT molecular complexity index is 1200. The molecule has 0 saturated carbocycles. The molecule has 2 aromatic carbocycles. The summed E-state index contributed by atoms with van der Waals surface area (Å²) in [5.74, 6) is 0.0970. The zero-order chi connectivity index (χ0) is 22.8. The second kappa shape index (κ2) is 9.46. The van der Waals surface area contributed by atoms with Crippen LogP contribution >= 0.6 is 11.8 Å². The maximum absolute atomic E-state index is 13.5. The van der Waals surface area contributed by atoms with Gasteiger partial charge in [-0.2, -0.15) is 0 Å². The summed E-state index contributed by atoms with van der Waals surface area (Å²) < 4.78 is 1.65. The Morgan fingerprint density at radius 3 is 2.47 bits per heavy atom. The number of hydrogen-bond donors (Lipinski definition) is 0. The normalized spacial score (nSPS) is 15.8. The summed E-state index contributed by atoms with van der Waals surface area (Å²) in [6.45, 7) is 12.4. The number of para-hydroxylation sites is 1. The second-order valence-electron chi connectivity index (χ2n) is 8.34. The van der Waals surface area contributed by atoms with Crippen molar-refractivity contribution in [1.82, 2.24) is 19.4 Å². The van der Waals surface area contributed by atoms with Crippen molar-refractivity contribution in [2.75, 3.05) is 32.7 Å². The van der Waals surface area contributed by atoms with Gasteiger partial charge in [0.15, 0.2) is 5.16 Å². The molecule has 1 aliphatic rings. The van der Waals surface area contributed by atoms with Crippen molar-refractivity contribution in [2.24, 2.45) is 0 Å². The van der Waals surface area contributed by atoms with Crippen LogP contribution in [0.25, 0.3) is 16.6 Å². The van der Waals surface area contributed by atoms with Crippen LogP contribution in [0.3, 0.4) is 0 Å². The molecule has 168 valence electrons. The summed E-state index contributed by atoms with van der Waals surface area (Å²) >= 11 is 1.36. The zero-order valence-electron chi connectivity index (χ0n) is 19.2. The number of carbonyl (C=O) groups excluding carboxylic acids is 1. The number of thioether (sulfide) groups is 1. The Morgan fingerprint density at radius 2 is 1.78 bits per heavy atom. The number of piperazine rings is 1. The fourth-order valence-corrected chi connectivity index (χ4v) is 5.04. The number of amides is 1. The van der Waals surface area contributed by atoms with E-state index in [4.69, 9.17) is 4.98 Å². The van der Waals surface area contributed by atoms with Crippen molar-refractivity contribution in [1.29, 1.82) is 0 Å². The van der Waals surface area contributed by atoms with Crippen LogP contribution in [0.2, 0.25) is 0 Å². The number of aryl methyl sites for hydroxylation is 2.